The number of aromatic amines is 1. The van der Waals surface area contributed by atoms with E-state index in [1.54, 1.807) is 12.1 Å². The molecule has 0 bridgehead atoms. The number of nitrogens with one attached hydrogen (secondary N) is 3. The van der Waals surface area contributed by atoms with E-state index in [0.717, 1.165) is 28.3 Å². The number of aryl methyl sites for hydroxylation is 1. The van der Waals surface area contributed by atoms with Crippen LogP contribution in [0, 0.1) is 6.92 Å². The van der Waals surface area contributed by atoms with Gasteiger partial charge in [-0.05, 0) is 45.4 Å². The maximum Gasteiger partial charge on any atom is 0.411 e. The number of amides is 2. The quantitative estimate of drug-likeness (QED) is 0.468. The summed E-state index contributed by atoms with van der Waals surface area (Å²) in [6.45, 7) is 7.44. The molecule has 0 saturated carbocycles. The molecule has 3 N–H and O–H groups in total. The van der Waals surface area contributed by atoms with E-state index >= 15 is 0 Å². The molecule has 8 heteroatoms. The van der Waals surface area contributed by atoms with Crippen molar-refractivity contribution in [3.05, 3.63) is 71.7 Å². The van der Waals surface area contributed by atoms with Gasteiger partial charge in [0.05, 0.1) is 18.8 Å². The molecule has 0 saturated heterocycles. The molecule has 174 valence electrons. The fourth-order valence-corrected chi connectivity index (χ4v) is 3.36. The van der Waals surface area contributed by atoms with Crippen LogP contribution in [0.1, 0.15) is 43.9 Å². The number of benzene rings is 2. The lowest BCUT2D eigenvalue weighted by molar-refractivity contribution is 0.0503. The normalized spacial score (nSPS) is 12.0. The summed E-state index contributed by atoms with van der Waals surface area (Å²) in [4.78, 5) is 31.9. The van der Waals surface area contributed by atoms with Crippen molar-refractivity contribution in [3.8, 4) is 11.3 Å². The van der Waals surface area contributed by atoms with E-state index in [2.05, 4.69) is 20.4 Å². The first-order valence-electron chi connectivity index (χ1n) is 10.7. The van der Waals surface area contributed by atoms with Crippen LogP contribution in [0.3, 0.4) is 0 Å². The van der Waals surface area contributed by atoms with Crippen molar-refractivity contribution in [2.75, 3.05) is 12.4 Å². The van der Waals surface area contributed by atoms with Gasteiger partial charge >= 0.3 is 12.2 Å². The first-order chi connectivity index (χ1) is 15.6. The molecule has 0 aliphatic heterocycles. The Bertz CT molecular complexity index is 1090. The van der Waals surface area contributed by atoms with Gasteiger partial charge < -0.3 is 19.8 Å². The maximum atomic E-state index is 12.5. The number of carbonyl (C=O) groups is 2. The van der Waals surface area contributed by atoms with Crippen LogP contribution in [-0.2, 0) is 15.9 Å². The molecule has 0 aliphatic rings. The summed E-state index contributed by atoms with van der Waals surface area (Å²) in [5.41, 5.74) is 3.61. The summed E-state index contributed by atoms with van der Waals surface area (Å²) in [5.74, 6) is 0.740. The molecule has 0 radical (unpaired) electrons. The zero-order valence-electron chi connectivity index (χ0n) is 19.6. The van der Waals surface area contributed by atoms with Crippen LogP contribution in [0.2, 0.25) is 0 Å². The third kappa shape index (κ3) is 6.83. The molecular weight excluding hydrogens is 420 g/mol. The Hall–Kier alpha value is -3.81. The molecule has 3 aromatic rings. The van der Waals surface area contributed by atoms with Crippen LogP contribution in [0.15, 0.2) is 54.6 Å². The predicted molar refractivity (Wildman–Crippen MR) is 127 cm³/mol. The number of alkyl carbamates (subject to hydrolysis) is 1. The lowest BCUT2D eigenvalue weighted by Crippen LogP contribution is -2.35. The summed E-state index contributed by atoms with van der Waals surface area (Å²) >= 11 is 0. The van der Waals surface area contributed by atoms with E-state index in [9.17, 15) is 9.59 Å². The van der Waals surface area contributed by atoms with Crippen molar-refractivity contribution >= 4 is 17.9 Å². The first-order valence-corrected chi connectivity index (χ1v) is 10.7. The maximum absolute atomic E-state index is 12.5. The van der Waals surface area contributed by atoms with Crippen LogP contribution >= 0.6 is 0 Å². The molecule has 33 heavy (non-hydrogen) atoms. The van der Waals surface area contributed by atoms with Crippen molar-refractivity contribution in [1.82, 2.24) is 15.3 Å². The number of ether oxygens (including phenoxy) is 2. The molecule has 1 atom stereocenters. The highest BCUT2D eigenvalue weighted by Gasteiger charge is 2.22. The molecule has 2 aromatic carbocycles. The molecule has 1 aromatic heterocycles. The number of rotatable bonds is 6. The van der Waals surface area contributed by atoms with E-state index in [-0.39, 0.29) is 6.04 Å². The minimum Gasteiger partial charge on any atom is -0.453 e. The average molecular weight is 451 g/mol. The Morgan fingerprint density at radius 1 is 1.03 bits per heavy atom. The Labute approximate surface area is 193 Å². The number of anilines is 1. The minimum absolute atomic E-state index is 0.314. The summed E-state index contributed by atoms with van der Waals surface area (Å²) in [7, 11) is 1.32. The third-order valence-electron chi connectivity index (χ3n) is 4.81. The minimum atomic E-state index is -0.589. The smallest absolute Gasteiger partial charge is 0.411 e. The van der Waals surface area contributed by atoms with Gasteiger partial charge in [0, 0.05) is 23.4 Å². The molecule has 2 amide bonds. The Morgan fingerprint density at radius 3 is 2.30 bits per heavy atom. The summed E-state index contributed by atoms with van der Waals surface area (Å²) < 4.78 is 10.1. The number of imidazole rings is 1. The second-order valence-corrected chi connectivity index (χ2v) is 8.66. The van der Waals surface area contributed by atoms with Gasteiger partial charge in [-0.2, -0.15) is 0 Å². The first kappa shape index (κ1) is 23.8. The van der Waals surface area contributed by atoms with Crippen LogP contribution < -0.4 is 10.6 Å². The molecule has 1 unspecified atom stereocenters. The highest BCUT2D eigenvalue weighted by atomic mass is 16.6. The van der Waals surface area contributed by atoms with Crippen molar-refractivity contribution < 1.29 is 19.1 Å². The van der Waals surface area contributed by atoms with Crippen LogP contribution in [0.25, 0.3) is 11.3 Å². The zero-order chi connectivity index (χ0) is 24.0. The fourth-order valence-electron chi connectivity index (χ4n) is 3.36. The van der Waals surface area contributed by atoms with E-state index < -0.39 is 17.8 Å². The Kier molecular flexibility index (Phi) is 7.37. The van der Waals surface area contributed by atoms with Crippen molar-refractivity contribution in [1.29, 1.82) is 0 Å². The van der Waals surface area contributed by atoms with Gasteiger partial charge in [0.15, 0.2) is 0 Å². The summed E-state index contributed by atoms with van der Waals surface area (Å²) in [6, 6.07) is 16.8. The number of hydrogen-bond donors (Lipinski definition) is 3. The monoisotopic (exact) mass is 450 g/mol. The Balaban J connectivity index is 1.79. The number of nitrogens with zero attached hydrogens (tertiary/aromatic N) is 1. The van der Waals surface area contributed by atoms with Gasteiger partial charge in [-0.1, -0.05) is 42.5 Å². The Morgan fingerprint density at radius 2 is 1.70 bits per heavy atom. The largest absolute Gasteiger partial charge is 0.453 e. The van der Waals surface area contributed by atoms with E-state index in [0.29, 0.717) is 12.1 Å². The van der Waals surface area contributed by atoms with Crippen molar-refractivity contribution in [2.45, 2.75) is 45.8 Å². The van der Waals surface area contributed by atoms with Crippen LogP contribution in [-0.4, -0.2) is 34.9 Å². The molecule has 8 nitrogen and oxygen atoms in total. The van der Waals surface area contributed by atoms with Gasteiger partial charge in [-0.3, -0.25) is 5.32 Å². The molecule has 0 aliphatic carbocycles. The fraction of sp³-hybridized carbons (Fsp3) is 0.320. The molecule has 1 heterocycles. The average Bonchev–Trinajstić information content (AvgIpc) is 3.13. The van der Waals surface area contributed by atoms with Gasteiger partial charge in [0.2, 0.25) is 0 Å². The molecule has 3 rings (SSSR count). The molecule has 0 fully saturated rings. The standard InChI is InChI=1S/C25H30N4O4/c1-16-22(18-11-13-19(14-12-18)27-23(30)32-5)29-21(26-16)15-20(17-9-7-6-8-10-17)28-24(31)33-25(2,3)4/h6-14,20H,15H2,1-5H3,(H,26,29)(H,27,30)(H,28,31). The predicted octanol–water partition coefficient (Wildman–Crippen LogP) is 5.37. The van der Waals surface area contributed by atoms with Crippen molar-refractivity contribution in [2.24, 2.45) is 0 Å². The second kappa shape index (κ2) is 10.2. The number of aromatic nitrogens is 2. The number of carbonyl (C=O) groups excluding carboxylic acids is 2. The van der Waals surface area contributed by atoms with Crippen molar-refractivity contribution in [3.63, 3.8) is 0 Å². The molecule has 0 spiro atoms. The highest BCUT2D eigenvalue weighted by Crippen LogP contribution is 2.25. The summed E-state index contributed by atoms with van der Waals surface area (Å²) in [6.07, 6.45) is -0.537. The van der Waals surface area contributed by atoms with Crippen LogP contribution in [0.5, 0.6) is 0 Å². The van der Waals surface area contributed by atoms with E-state index in [4.69, 9.17) is 9.72 Å². The number of H-pyrrole nitrogens is 1. The zero-order valence-corrected chi connectivity index (χ0v) is 19.6. The lowest BCUT2D eigenvalue weighted by atomic mass is 10.0. The second-order valence-electron chi connectivity index (χ2n) is 8.66. The SMILES string of the molecule is COC(=O)Nc1ccc(-c2nc(CC(NC(=O)OC(C)(C)C)c3ccccc3)[nH]c2C)cc1. The van der Waals surface area contributed by atoms with Crippen LogP contribution in [0.4, 0.5) is 15.3 Å². The van der Waals surface area contributed by atoms with Gasteiger partial charge in [-0.25, -0.2) is 14.6 Å². The highest BCUT2D eigenvalue weighted by molar-refractivity contribution is 5.85. The third-order valence-corrected chi connectivity index (χ3v) is 4.81. The van der Waals surface area contributed by atoms with Gasteiger partial charge in [0.1, 0.15) is 11.4 Å². The number of methoxy groups -OCH3 is 1. The number of hydrogen-bond acceptors (Lipinski definition) is 5. The lowest BCUT2D eigenvalue weighted by Gasteiger charge is -2.23. The van der Waals surface area contributed by atoms with Gasteiger partial charge in [0.25, 0.3) is 0 Å². The summed E-state index contributed by atoms with van der Waals surface area (Å²) in [5, 5.41) is 5.59. The topological polar surface area (TPSA) is 105 Å². The molecular formula is C25H30N4O4. The van der Waals surface area contributed by atoms with E-state index in [1.807, 2.05) is 70.2 Å². The van der Waals surface area contributed by atoms with E-state index in [1.165, 1.54) is 7.11 Å². The van der Waals surface area contributed by atoms with Gasteiger partial charge in [-0.15, -0.1) is 0 Å².